The van der Waals surface area contributed by atoms with E-state index in [1.807, 2.05) is 6.07 Å². The minimum atomic E-state index is -1.21. The molecule has 0 fully saturated rings. The number of fused-ring (bicyclic) bond motifs is 1. The fraction of sp³-hybridized carbons (Fsp3) is 0.200. The summed E-state index contributed by atoms with van der Waals surface area (Å²) in [7, 11) is -1.21. The van der Waals surface area contributed by atoms with Crippen LogP contribution < -0.4 is 10.2 Å². The van der Waals surface area contributed by atoms with Crippen molar-refractivity contribution in [2.75, 3.05) is 0 Å². The van der Waals surface area contributed by atoms with Crippen molar-refractivity contribution in [2.24, 2.45) is 0 Å². The van der Waals surface area contributed by atoms with Crippen molar-refractivity contribution >= 4 is 18.6 Å². The number of aromatic nitrogens is 2. The van der Waals surface area contributed by atoms with Crippen molar-refractivity contribution in [3.63, 3.8) is 0 Å². The van der Waals surface area contributed by atoms with E-state index in [2.05, 4.69) is 9.97 Å². The van der Waals surface area contributed by atoms with E-state index in [4.69, 9.17) is 19.8 Å². The Hall–Kier alpha value is -2.96. The van der Waals surface area contributed by atoms with Gasteiger partial charge >= 0.3 is 13.1 Å². The Morgan fingerprint density at radius 2 is 2.25 bits per heavy atom. The van der Waals surface area contributed by atoms with E-state index in [0.29, 0.717) is 16.8 Å². The van der Waals surface area contributed by atoms with Crippen molar-refractivity contribution in [2.45, 2.75) is 19.4 Å². The van der Waals surface area contributed by atoms with Gasteiger partial charge in [-0.3, -0.25) is 4.79 Å². The molecule has 120 valence electrons. The second-order valence-corrected chi connectivity index (χ2v) is 5.27. The minimum absolute atomic E-state index is 0.174. The Kier molecular flexibility index (Phi) is 4.16. The van der Waals surface area contributed by atoms with Crippen LogP contribution in [-0.4, -0.2) is 33.2 Å². The number of nitriles is 1. The van der Waals surface area contributed by atoms with Gasteiger partial charge in [0, 0.05) is 0 Å². The number of aliphatic carboxylic acids is 1. The lowest BCUT2D eigenvalue weighted by Crippen LogP contribution is -2.28. The SMILES string of the molecule is Cc1cc(Oc2cnc(C#N)cn2)cc2c1C(CC(=O)O)OB2O. The highest BCUT2D eigenvalue weighted by Crippen LogP contribution is 2.32. The van der Waals surface area contributed by atoms with Crippen LogP contribution in [0.1, 0.15) is 29.3 Å². The maximum absolute atomic E-state index is 10.9. The second-order valence-electron chi connectivity index (χ2n) is 5.27. The van der Waals surface area contributed by atoms with E-state index >= 15 is 0 Å². The number of hydrogen-bond acceptors (Lipinski definition) is 7. The van der Waals surface area contributed by atoms with Crippen LogP contribution in [0.5, 0.6) is 11.6 Å². The fourth-order valence-electron chi connectivity index (χ4n) is 2.65. The average molecular weight is 325 g/mol. The highest BCUT2D eigenvalue weighted by Gasteiger charge is 2.37. The number of nitrogens with zero attached hydrogens (tertiary/aromatic N) is 3. The first-order valence-corrected chi connectivity index (χ1v) is 7.07. The summed E-state index contributed by atoms with van der Waals surface area (Å²) in [4.78, 5) is 18.7. The smallest absolute Gasteiger partial charge is 0.481 e. The first kappa shape index (κ1) is 15.9. The summed E-state index contributed by atoms with van der Waals surface area (Å²) in [6, 6.07) is 5.14. The monoisotopic (exact) mass is 325 g/mol. The number of hydrogen-bond donors (Lipinski definition) is 2. The zero-order chi connectivity index (χ0) is 17.3. The topological polar surface area (TPSA) is 126 Å². The molecule has 0 spiro atoms. The minimum Gasteiger partial charge on any atom is -0.481 e. The van der Waals surface area contributed by atoms with Gasteiger partial charge in [0.05, 0.1) is 24.9 Å². The Morgan fingerprint density at radius 3 is 2.88 bits per heavy atom. The van der Waals surface area contributed by atoms with E-state index in [1.165, 1.54) is 12.4 Å². The molecule has 2 heterocycles. The van der Waals surface area contributed by atoms with E-state index in [0.717, 1.165) is 5.56 Å². The number of rotatable bonds is 4. The van der Waals surface area contributed by atoms with Crippen LogP contribution in [0.25, 0.3) is 0 Å². The van der Waals surface area contributed by atoms with E-state index in [-0.39, 0.29) is 18.0 Å². The summed E-state index contributed by atoms with van der Waals surface area (Å²) in [6.07, 6.45) is 1.68. The van der Waals surface area contributed by atoms with Gasteiger partial charge in [0.15, 0.2) is 5.69 Å². The quantitative estimate of drug-likeness (QED) is 0.786. The third-order valence-electron chi connectivity index (χ3n) is 3.60. The molecule has 0 aliphatic carbocycles. The van der Waals surface area contributed by atoms with Crippen LogP contribution in [0, 0.1) is 18.3 Å². The molecule has 3 rings (SSSR count). The van der Waals surface area contributed by atoms with Gasteiger partial charge in [-0.2, -0.15) is 5.26 Å². The summed E-state index contributed by atoms with van der Waals surface area (Å²) >= 11 is 0. The number of carboxylic acids is 1. The third-order valence-corrected chi connectivity index (χ3v) is 3.60. The van der Waals surface area contributed by atoms with Gasteiger partial charge in [-0.1, -0.05) is 0 Å². The molecule has 0 radical (unpaired) electrons. The molecule has 1 unspecified atom stereocenters. The normalized spacial score (nSPS) is 15.7. The van der Waals surface area contributed by atoms with Crippen molar-refractivity contribution < 1.29 is 24.3 Å². The van der Waals surface area contributed by atoms with E-state index in [1.54, 1.807) is 19.1 Å². The molecule has 0 bridgehead atoms. The fourth-order valence-corrected chi connectivity index (χ4v) is 2.65. The maximum Gasteiger partial charge on any atom is 0.492 e. The van der Waals surface area contributed by atoms with Crippen LogP contribution in [-0.2, 0) is 9.45 Å². The average Bonchev–Trinajstić information content (AvgIpc) is 2.84. The summed E-state index contributed by atoms with van der Waals surface area (Å²) in [5, 5.41) is 27.7. The van der Waals surface area contributed by atoms with Gasteiger partial charge in [-0.05, 0) is 35.6 Å². The van der Waals surface area contributed by atoms with Crippen LogP contribution in [0.3, 0.4) is 0 Å². The first-order chi connectivity index (χ1) is 11.5. The standard InChI is InChI=1S/C15H12BN3O5/c1-8-2-10(23-13-7-18-9(5-17)6-19-13)3-11-15(8)12(4-14(20)21)24-16(11)22/h2-3,6-7,12,22H,4H2,1H3,(H,20,21). The molecular formula is C15H12BN3O5. The zero-order valence-corrected chi connectivity index (χ0v) is 12.6. The second kappa shape index (κ2) is 6.27. The molecule has 8 nitrogen and oxygen atoms in total. The maximum atomic E-state index is 10.9. The molecule has 1 aliphatic rings. The first-order valence-electron chi connectivity index (χ1n) is 7.07. The predicted molar refractivity (Wildman–Crippen MR) is 81.7 cm³/mol. The summed E-state index contributed by atoms with van der Waals surface area (Å²) in [5.74, 6) is -0.402. The Bertz CT molecular complexity index is 834. The van der Waals surface area contributed by atoms with Gasteiger partial charge in [0.1, 0.15) is 11.8 Å². The molecule has 1 aromatic carbocycles. The molecule has 2 aromatic rings. The van der Waals surface area contributed by atoms with Gasteiger partial charge in [0.2, 0.25) is 5.88 Å². The molecule has 1 aromatic heterocycles. The molecule has 0 saturated heterocycles. The van der Waals surface area contributed by atoms with Gasteiger partial charge in [-0.15, -0.1) is 0 Å². The van der Waals surface area contributed by atoms with Crippen LogP contribution in [0.4, 0.5) is 0 Å². The van der Waals surface area contributed by atoms with Crippen molar-refractivity contribution in [1.82, 2.24) is 9.97 Å². The molecule has 24 heavy (non-hydrogen) atoms. The third kappa shape index (κ3) is 3.06. The number of carbonyl (C=O) groups is 1. The highest BCUT2D eigenvalue weighted by molar-refractivity contribution is 6.62. The van der Waals surface area contributed by atoms with Crippen LogP contribution in [0.15, 0.2) is 24.5 Å². The Labute approximate surface area is 137 Å². The van der Waals surface area contributed by atoms with Crippen LogP contribution >= 0.6 is 0 Å². The van der Waals surface area contributed by atoms with E-state index < -0.39 is 19.2 Å². The molecule has 1 aliphatic heterocycles. The number of benzene rings is 1. The Balaban J connectivity index is 1.89. The Morgan fingerprint density at radius 1 is 1.46 bits per heavy atom. The molecule has 1 atom stereocenters. The molecule has 0 saturated carbocycles. The van der Waals surface area contributed by atoms with Gasteiger partial charge < -0.3 is 19.5 Å². The van der Waals surface area contributed by atoms with Gasteiger partial charge in [-0.25, -0.2) is 9.97 Å². The van der Waals surface area contributed by atoms with Gasteiger partial charge in [0.25, 0.3) is 0 Å². The predicted octanol–water partition coefficient (Wildman–Crippen LogP) is 0.682. The lowest BCUT2D eigenvalue weighted by molar-refractivity contribution is -0.138. The van der Waals surface area contributed by atoms with Crippen molar-refractivity contribution in [3.8, 4) is 17.7 Å². The largest absolute Gasteiger partial charge is 0.492 e. The molecular weight excluding hydrogens is 313 g/mol. The molecule has 2 N–H and O–H groups in total. The van der Waals surface area contributed by atoms with E-state index in [9.17, 15) is 9.82 Å². The zero-order valence-electron chi connectivity index (χ0n) is 12.6. The summed E-state index contributed by atoms with van der Waals surface area (Å²) in [6.45, 7) is 1.78. The lowest BCUT2D eigenvalue weighted by atomic mass is 9.77. The van der Waals surface area contributed by atoms with Crippen molar-refractivity contribution in [1.29, 1.82) is 5.26 Å². The van der Waals surface area contributed by atoms with Crippen LogP contribution in [0.2, 0.25) is 0 Å². The number of carboxylic acid groups (broad SMARTS) is 1. The number of ether oxygens (including phenoxy) is 1. The number of aryl methyl sites for hydroxylation is 1. The summed E-state index contributed by atoms with van der Waals surface area (Å²) in [5.41, 5.74) is 2.04. The lowest BCUT2D eigenvalue weighted by Gasteiger charge is -2.13. The molecule has 9 heteroatoms. The summed E-state index contributed by atoms with van der Waals surface area (Å²) < 4.78 is 10.9. The highest BCUT2D eigenvalue weighted by atomic mass is 16.5. The molecule has 0 amide bonds. The van der Waals surface area contributed by atoms with Crippen molar-refractivity contribution in [3.05, 3.63) is 41.3 Å².